The summed E-state index contributed by atoms with van der Waals surface area (Å²) >= 11 is 0. The van der Waals surface area contributed by atoms with Crippen LogP contribution < -0.4 is 0 Å². The van der Waals surface area contributed by atoms with E-state index in [-0.39, 0.29) is 42.5 Å². The van der Waals surface area contributed by atoms with E-state index in [1.807, 2.05) is 0 Å². The van der Waals surface area contributed by atoms with Crippen molar-refractivity contribution in [2.75, 3.05) is 26.2 Å². The molecule has 3 saturated heterocycles. The molecule has 0 aromatic heterocycles. The van der Waals surface area contributed by atoms with Crippen molar-refractivity contribution in [1.29, 1.82) is 0 Å². The van der Waals surface area contributed by atoms with E-state index in [1.165, 1.54) is 0 Å². The molecule has 9 nitrogen and oxygen atoms in total. The number of nitrogens with zero attached hydrogens (tertiary/aromatic N) is 3. The van der Waals surface area contributed by atoms with E-state index in [1.54, 1.807) is 11.8 Å². The molecule has 9 heteroatoms. The van der Waals surface area contributed by atoms with Gasteiger partial charge < -0.3 is 19.6 Å². The highest BCUT2D eigenvalue weighted by molar-refractivity contribution is 5.70. The van der Waals surface area contributed by atoms with Crippen molar-refractivity contribution < 1.29 is 24.4 Å². The summed E-state index contributed by atoms with van der Waals surface area (Å²) in [6, 6.07) is 0.516. The maximum Gasteiger partial charge on any atom is 0.407 e. The Bertz CT molecular complexity index is 576. The zero-order valence-electron chi connectivity index (χ0n) is 15.8. The Morgan fingerprint density at radius 3 is 2.26 bits per heavy atom. The molecule has 2 bridgehead atoms. The van der Waals surface area contributed by atoms with Crippen LogP contribution in [0.2, 0.25) is 0 Å². The van der Waals surface area contributed by atoms with Crippen LogP contribution in [0.3, 0.4) is 0 Å². The predicted molar refractivity (Wildman–Crippen MR) is 96.0 cm³/mol. The monoisotopic (exact) mass is 383 g/mol. The lowest BCUT2D eigenvalue weighted by Crippen LogP contribution is -2.55. The van der Waals surface area contributed by atoms with E-state index in [9.17, 15) is 24.8 Å². The third-order valence-corrected chi connectivity index (χ3v) is 6.59. The summed E-state index contributed by atoms with van der Waals surface area (Å²) in [5.74, 6) is -0.361. The number of carbonyl (C=O) groups is 2. The van der Waals surface area contributed by atoms with Crippen LogP contribution >= 0.6 is 0 Å². The molecule has 3 rings (SSSR count). The fraction of sp³-hybridized carbons (Fsp3) is 0.889. The molecule has 2 atom stereocenters. The van der Waals surface area contributed by atoms with Crippen LogP contribution in [-0.4, -0.2) is 76.3 Å². The molecular weight excluding hydrogens is 354 g/mol. The van der Waals surface area contributed by atoms with Gasteiger partial charge in [-0.15, -0.1) is 0 Å². The Hall–Kier alpha value is -1.90. The number of piperidine rings is 2. The predicted octanol–water partition coefficient (Wildman–Crippen LogP) is 1.97. The molecule has 0 aromatic rings. The lowest BCUT2D eigenvalue weighted by molar-refractivity contribution is -0.499. The number of carboxylic acid groups (broad SMARTS) is 1. The van der Waals surface area contributed by atoms with E-state index in [0.29, 0.717) is 32.0 Å². The highest BCUT2D eigenvalue weighted by Gasteiger charge is 2.47. The van der Waals surface area contributed by atoms with Crippen molar-refractivity contribution >= 4 is 12.1 Å². The number of esters is 1. The highest BCUT2D eigenvalue weighted by Crippen LogP contribution is 2.41. The zero-order chi connectivity index (χ0) is 19.6. The maximum absolute atomic E-state index is 12.0. The van der Waals surface area contributed by atoms with E-state index >= 15 is 0 Å². The van der Waals surface area contributed by atoms with E-state index in [0.717, 1.165) is 25.7 Å². The van der Waals surface area contributed by atoms with Crippen LogP contribution in [-0.2, 0) is 9.53 Å². The molecular formula is C18H29N3O6. The normalized spacial score (nSPS) is 30.1. The first-order valence-corrected chi connectivity index (χ1v) is 9.86. The number of hydrogen-bond donors (Lipinski definition) is 1. The van der Waals surface area contributed by atoms with Gasteiger partial charge in [0.05, 0.1) is 13.0 Å². The first-order chi connectivity index (χ1) is 12.8. The fourth-order valence-corrected chi connectivity index (χ4v) is 5.31. The summed E-state index contributed by atoms with van der Waals surface area (Å²) in [5, 5.41) is 20.6. The van der Waals surface area contributed by atoms with Gasteiger partial charge in [-0.3, -0.25) is 14.9 Å². The first kappa shape index (κ1) is 19.9. The summed E-state index contributed by atoms with van der Waals surface area (Å²) in [6.07, 6.45) is 4.00. The SMILES string of the molecule is CCOC(=O)CC1(C[N+](=O)[O-])CCN(C2CC3CCC(C2)N3C(=O)O)CC1. The Morgan fingerprint density at radius 2 is 1.78 bits per heavy atom. The van der Waals surface area contributed by atoms with Gasteiger partial charge in [-0.2, -0.15) is 0 Å². The molecule has 1 N–H and O–H groups in total. The van der Waals surface area contributed by atoms with E-state index in [4.69, 9.17) is 4.74 Å². The third kappa shape index (κ3) is 4.34. The Balaban J connectivity index is 1.60. The van der Waals surface area contributed by atoms with Crippen LogP contribution in [0.4, 0.5) is 4.79 Å². The second-order valence-corrected chi connectivity index (χ2v) is 8.21. The third-order valence-electron chi connectivity index (χ3n) is 6.59. The van der Waals surface area contributed by atoms with Crippen LogP contribution in [0, 0.1) is 15.5 Å². The van der Waals surface area contributed by atoms with Gasteiger partial charge in [0.15, 0.2) is 0 Å². The molecule has 0 saturated carbocycles. The average Bonchev–Trinajstić information content (AvgIpc) is 2.86. The van der Waals surface area contributed by atoms with Crippen LogP contribution in [0.1, 0.15) is 51.9 Å². The minimum atomic E-state index is -0.820. The Kier molecular flexibility index (Phi) is 5.88. The quantitative estimate of drug-likeness (QED) is 0.424. The average molecular weight is 383 g/mol. The topological polar surface area (TPSA) is 113 Å². The molecule has 2 unspecified atom stereocenters. The largest absolute Gasteiger partial charge is 0.466 e. The molecule has 0 aliphatic carbocycles. The van der Waals surface area contributed by atoms with Gasteiger partial charge in [-0.1, -0.05) is 0 Å². The minimum Gasteiger partial charge on any atom is -0.466 e. The maximum atomic E-state index is 12.0. The fourth-order valence-electron chi connectivity index (χ4n) is 5.31. The number of fused-ring (bicyclic) bond motifs is 2. The Labute approximate surface area is 158 Å². The van der Waals surface area contributed by atoms with Crippen molar-refractivity contribution in [2.45, 2.75) is 70.0 Å². The van der Waals surface area contributed by atoms with Crippen molar-refractivity contribution in [3.63, 3.8) is 0 Å². The van der Waals surface area contributed by atoms with Crippen LogP contribution in [0.25, 0.3) is 0 Å². The van der Waals surface area contributed by atoms with E-state index in [2.05, 4.69) is 4.90 Å². The van der Waals surface area contributed by atoms with Gasteiger partial charge in [-0.05, 0) is 58.5 Å². The second-order valence-electron chi connectivity index (χ2n) is 8.21. The van der Waals surface area contributed by atoms with Crippen molar-refractivity contribution in [3.05, 3.63) is 10.1 Å². The van der Waals surface area contributed by atoms with Gasteiger partial charge in [0.2, 0.25) is 6.54 Å². The summed E-state index contributed by atoms with van der Waals surface area (Å²) in [4.78, 5) is 38.2. The molecule has 0 radical (unpaired) electrons. The number of carbonyl (C=O) groups excluding carboxylic acids is 1. The summed E-state index contributed by atoms with van der Waals surface area (Å²) in [7, 11) is 0. The second kappa shape index (κ2) is 8.00. The molecule has 0 aromatic carbocycles. The van der Waals surface area contributed by atoms with Crippen LogP contribution in [0.15, 0.2) is 0 Å². The lowest BCUT2D eigenvalue weighted by atomic mass is 9.75. The van der Waals surface area contributed by atoms with Crippen molar-refractivity contribution in [2.24, 2.45) is 5.41 Å². The molecule has 1 amide bonds. The van der Waals surface area contributed by atoms with Crippen molar-refractivity contribution in [1.82, 2.24) is 9.80 Å². The molecule has 3 aliphatic rings. The number of amides is 1. The molecule has 0 spiro atoms. The minimum absolute atomic E-state index is 0.0937. The Morgan fingerprint density at radius 1 is 1.19 bits per heavy atom. The number of hydrogen-bond acceptors (Lipinski definition) is 6. The smallest absolute Gasteiger partial charge is 0.407 e. The lowest BCUT2D eigenvalue weighted by Gasteiger charge is -2.46. The standard InChI is InChI=1S/C18H29N3O6/c1-2-27-16(22)11-18(12-20(25)26)5-7-19(8-6-18)15-9-13-3-4-14(10-15)21(13)17(23)24/h13-15H,2-12H2,1H3,(H,23,24). The summed E-state index contributed by atoms with van der Waals surface area (Å²) < 4.78 is 5.03. The van der Waals surface area contributed by atoms with Gasteiger partial charge in [-0.25, -0.2) is 4.79 Å². The number of rotatable bonds is 6. The number of nitro groups is 1. The van der Waals surface area contributed by atoms with Gasteiger partial charge in [0.25, 0.3) is 0 Å². The van der Waals surface area contributed by atoms with Gasteiger partial charge in [0.1, 0.15) is 0 Å². The summed E-state index contributed by atoms with van der Waals surface area (Å²) in [5.41, 5.74) is -0.632. The molecule has 152 valence electrons. The molecule has 3 heterocycles. The van der Waals surface area contributed by atoms with Gasteiger partial charge >= 0.3 is 12.1 Å². The summed E-state index contributed by atoms with van der Waals surface area (Å²) in [6.45, 7) is 3.24. The number of ether oxygens (including phenoxy) is 1. The van der Waals surface area contributed by atoms with E-state index < -0.39 is 11.5 Å². The van der Waals surface area contributed by atoms with Crippen molar-refractivity contribution in [3.8, 4) is 0 Å². The zero-order valence-corrected chi connectivity index (χ0v) is 15.8. The van der Waals surface area contributed by atoms with Gasteiger partial charge in [0, 0.05) is 28.5 Å². The first-order valence-electron chi connectivity index (χ1n) is 9.86. The number of likely N-dealkylation sites (tertiary alicyclic amines) is 1. The molecule has 3 aliphatic heterocycles. The molecule has 3 fully saturated rings. The molecule has 27 heavy (non-hydrogen) atoms. The van der Waals surface area contributed by atoms with Crippen LogP contribution in [0.5, 0.6) is 0 Å². The highest BCUT2D eigenvalue weighted by atomic mass is 16.6.